The highest BCUT2D eigenvalue weighted by molar-refractivity contribution is 8.14. The summed E-state index contributed by atoms with van der Waals surface area (Å²) in [7, 11) is 4.68. The highest BCUT2D eigenvalue weighted by Gasteiger charge is 2.44. The normalized spacial score (nSPS) is 30.3. The molecule has 4 amide bonds. The molecule has 2 N–H and O–H groups in total. The van der Waals surface area contributed by atoms with Crippen LogP contribution in [0.3, 0.4) is 0 Å². The molecule has 1 fully saturated rings. The molecule has 3 aliphatic heterocycles. The summed E-state index contributed by atoms with van der Waals surface area (Å²) in [5.41, 5.74) is 0.388. The minimum Gasteiger partial charge on any atom is -0.497 e. The van der Waals surface area contributed by atoms with Crippen molar-refractivity contribution >= 4 is 46.4 Å². The van der Waals surface area contributed by atoms with Crippen LogP contribution in [-0.2, 0) is 35.1 Å². The molecule has 0 radical (unpaired) electrons. The largest absolute Gasteiger partial charge is 0.497 e. The molecule has 4 rings (SSSR count). The van der Waals surface area contributed by atoms with Gasteiger partial charge in [0.05, 0.1) is 18.2 Å². The van der Waals surface area contributed by atoms with Crippen molar-refractivity contribution in [1.29, 1.82) is 0 Å². The molecule has 3 heterocycles. The number of aliphatic hydroxyl groups is 1. The molecule has 1 saturated heterocycles. The van der Waals surface area contributed by atoms with E-state index in [9.17, 15) is 29.1 Å². The average Bonchev–Trinajstić information content (AvgIpc) is 3.86. The summed E-state index contributed by atoms with van der Waals surface area (Å²) >= 11 is 1.49. The Balaban J connectivity index is 1.69. The number of cyclic esters (lactones) is 1. The van der Waals surface area contributed by atoms with E-state index in [4.69, 9.17) is 14.5 Å². The Morgan fingerprint density at radius 1 is 1.00 bits per heavy atom. The van der Waals surface area contributed by atoms with Gasteiger partial charge in [-0.1, -0.05) is 60.1 Å². The fraction of sp³-hybridized carbons (Fsp3) is 0.714. The quantitative estimate of drug-likeness (QED) is 0.410. The number of aliphatic hydroxyl groups excluding tert-OH is 1. The number of nitrogens with zero attached hydrogens (tertiary/aromatic N) is 4. The topological polar surface area (TPSA) is 158 Å². The van der Waals surface area contributed by atoms with E-state index in [1.54, 1.807) is 38.1 Å². The fourth-order valence-corrected chi connectivity index (χ4v) is 8.88. The molecule has 13 nitrogen and oxygen atoms in total. The van der Waals surface area contributed by atoms with Gasteiger partial charge in [0.1, 0.15) is 42.1 Å². The second-order valence-electron chi connectivity index (χ2n) is 17.1. The van der Waals surface area contributed by atoms with Gasteiger partial charge < -0.3 is 34.6 Å². The molecule has 2 bridgehead atoms. The number of benzene rings is 1. The van der Waals surface area contributed by atoms with Crippen molar-refractivity contribution in [2.24, 2.45) is 22.2 Å². The van der Waals surface area contributed by atoms with E-state index in [1.165, 1.54) is 28.6 Å². The smallest absolute Gasteiger partial charge is 0.329 e. The Kier molecular flexibility index (Phi) is 15.8. The number of aliphatic imine (C=N–C) groups is 1. The van der Waals surface area contributed by atoms with Gasteiger partial charge in [0.2, 0.25) is 23.6 Å². The van der Waals surface area contributed by atoms with E-state index in [1.807, 2.05) is 53.7 Å². The van der Waals surface area contributed by atoms with Crippen molar-refractivity contribution in [2.45, 2.75) is 142 Å². The molecule has 3 aliphatic rings. The first-order valence-electron chi connectivity index (χ1n) is 20.2. The molecule has 312 valence electrons. The zero-order chi connectivity index (χ0) is 41.5. The molecule has 0 aromatic heterocycles. The molecule has 0 aliphatic carbocycles. The van der Waals surface area contributed by atoms with Gasteiger partial charge in [-0.25, -0.2) is 4.79 Å². The second kappa shape index (κ2) is 19.7. The SMILES string of the molecule is CC[C@H](C)[C@H]1C(=O)N2CCC[C@H]2C(=O)O[C@H](C(C)(C)C)C[C@@H](C)C[C@H](O)C2=N[C@@H](CCC(=O)N[C@@H](Cc3ccc(OC)cc3)C(=O)N(C)[C@@H](C)C(=O)N1C)CS2. The van der Waals surface area contributed by atoms with Gasteiger partial charge in [-0.3, -0.25) is 24.2 Å². The molecule has 0 unspecified atom stereocenters. The molecule has 1 aromatic carbocycles. The lowest BCUT2D eigenvalue weighted by Crippen LogP contribution is -2.59. The van der Waals surface area contributed by atoms with Crippen LogP contribution < -0.4 is 10.1 Å². The first kappa shape index (κ1) is 45.1. The number of likely N-dealkylation sites (N-methyl/N-ethyl adjacent to an activating group) is 2. The first-order chi connectivity index (χ1) is 26.4. The molecular formula is C42H65N5O8S. The number of ether oxygens (including phenoxy) is 2. The third-order valence-electron chi connectivity index (χ3n) is 11.7. The van der Waals surface area contributed by atoms with Crippen molar-refractivity contribution < 1.29 is 38.6 Å². The number of methoxy groups -OCH3 is 1. The van der Waals surface area contributed by atoms with E-state index in [2.05, 4.69) is 5.32 Å². The number of nitrogens with one attached hydrogen (secondary N) is 1. The van der Waals surface area contributed by atoms with E-state index in [0.29, 0.717) is 61.6 Å². The summed E-state index contributed by atoms with van der Waals surface area (Å²) in [6.07, 6.45) is 2.09. The first-order valence-corrected chi connectivity index (χ1v) is 21.2. The average molecular weight is 800 g/mol. The maximum atomic E-state index is 14.5. The van der Waals surface area contributed by atoms with E-state index >= 15 is 0 Å². The Labute approximate surface area is 337 Å². The predicted molar refractivity (Wildman–Crippen MR) is 218 cm³/mol. The van der Waals surface area contributed by atoms with Crippen LogP contribution in [-0.4, -0.2) is 130 Å². The summed E-state index contributed by atoms with van der Waals surface area (Å²) in [6, 6.07) is 3.44. The zero-order valence-corrected chi connectivity index (χ0v) is 35.9. The maximum Gasteiger partial charge on any atom is 0.329 e. The van der Waals surface area contributed by atoms with Crippen LogP contribution in [0.15, 0.2) is 29.3 Å². The number of amides is 4. The molecule has 0 saturated carbocycles. The molecule has 14 heteroatoms. The number of hydrogen-bond donors (Lipinski definition) is 2. The third kappa shape index (κ3) is 11.3. The maximum absolute atomic E-state index is 14.5. The Hall–Kier alpha value is -3.65. The van der Waals surface area contributed by atoms with Gasteiger partial charge >= 0.3 is 5.97 Å². The van der Waals surface area contributed by atoms with Gasteiger partial charge in [0.25, 0.3) is 0 Å². The van der Waals surface area contributed by atoms with Gasteiger partial charge in [0, 0.05) is 39.2 Å². The third-order valence-corrected chi connectivity index (χ3v) is 12.9. The molecule has 9 atom stereocenters. The highest BCUT2D eigenvalue weighted by atomic mass is 32.2. The fourth-order valence-electron chi connectivity index (χ4n) is 7.76. The number of carbonyl (C=O) groups is 5. The number of thioether (sulfide) groups is 1. The van der Waals surface area contributed by atoms with Crippen LogP contribution in [0.5, 0.6) is 5.75 Å². The van der Waals surface area contributed by atoms with E-state index in [-0.39, 0.29) is 42.5 Å². The van der Waals surface area contributed by atoms with Gasteiger partial charge in [-0.15, -0.1) is 11.8 Å². The van der Waals surface area contributed by atoms with E-state index < -0.39 is 59.6 Å². The lowest BCUT2D eigenvalue weighted by molar-refractivity contribution is -0.166. The van der Waals surface area contributed by atoms with Crippen LogP contribution in [0, 0.1) is 17.3 Å². The molecule has 56 heavy (non-hydrogen) atoms. The predicted octanol–water partition coefficient (Wildman–Crippen LogP) is 4.48. The van der Waals surface area contributed by atoms with Crippen LogP contribution in [0.25, 0.3) is 0 Å². The number of esters is 1. The summed E-state index contributed by atoms with van der Waals surface area (Å²) in [4.78, 5) is 79.5. The minimum absolute atomic E-state index is 0.0169. The van der Waals surface area contributed by atoms with Crippen LogP contribution in [0.2, 0.25) is 0 Å². The van der Waals surface area contributed by atoms with Gasteiger partial charge in [0.15, 0.2) is 0 Å². The number of fused-ring (bicyclic) bond motifs is 2. The van der Waals surface area contributed by atoms with Crippen molar-refractivity contribution in [3.63, 3.8) is 0 Å². The number of hydrogen-bond acceptors (Lipinski definition) is 10. The van der Waals surface area contributed by atoms with Crippen LogP contribution >= 0.6 is 11.8 Å². The lowest BCUT2D eigenvalue weighted by Gasteiger charge is -2.39. The zero-order valence-electron chi connectivity index (χ0n) is 35.1. The van der Waals surface area contributed by atoms with Crippen LogP contribution in [0.1, 0.15) is 99.0 Å². The molecular weight excluding hydrogens is 735 g/mol. The Morgan fingerprint density at radius 2 is 1.68 bits per heavy atom. The van der Waals surface area contributed by atoms with Crippen LogP contribution in [0.4, 0.5) is 0 Å². The van der Waals surface area contributed by atoms with Crippen molar-refractivity contribution in [2.75, 3.05) is 33.5 Å². The van der Waals surface area contributed by atoms with Gasteiger partial charge in [-0.2, -0.15) is 0 Å². The molecule has 1 aromatic rings. The minimum atomic E-state index is -0.979. The van der Waals surface area contributed by atoms with Gasteiger partial charge in [-0.05, 0) is 74.0 Å². The summed E-state index contributed by atoms with van der Waals surface area (Å²) < 4.78 is 11.5. The standard InChI is InChI=1S/C42H65N5O8S/c1-11-26(3)36-40(52)47-20-12-13-32(47)41(53)55-34(42(5,6)7)22-25(2)21-33(48)37-43-29(24-56-37)16-19-35(49)44-31(23-28-14-17-30(54-10)18-15-28)39(51)45(8)27(4)38(50)46(36)9/h14-15,17-18,25-27,29,31-34,36,48H,11-13,16,19-24H2,1-10H3,(H,44,49)/t25-,26-,27-,29-,31-,32-,33-,34-,36-/m0/s1. The number of rotatable bonds is 5. The van der Waals surface area contributed by atoms with Crippen molar-refractivity contribution in [1.82, 2.24) is 20.0 Å². The number of carbonyl (C=O) groups excluding carboxylic acids is 5. The second-order valence-corrected chi connectivity index (χ2v) is 18.2. The van der Waals surface area contributed by atoms with Crippen molar-refractivity contribution in [3.05, 3.63) is 29.8 Å². The Morgan fingerprint density at radius 3 is 2.30 bits per heavy atom. The highest BCUT2D eigenvalue weighted by Crippen LogP contribution is 2.33. The van der Waals surface area contributed by atoms with Crippen molar-refractivity contribution in [3.8, 4) is 5.75 Å². The Bertz CT molecular complexity index is 1580. The molecule has 0 spiro atoms. The summed E-state index contributed by atoms with van der Waals surface area (Å²) in [6.45, 7) is 13.9. The monoisotopic (exact) mass is 799 g/mol. The summed E-state index contributed by atoms with van der Waals surface area (Å²) in [5, 5.41) is 14.8. The van der Waals surface area contributed by atoms with E-state index in [0.717, 1.165) is 5.56 Å². The lowest BCUT2D eigenvalue weighted by atomic mass is 9.82. The summed E-state index contributed by atoms with van der Waals surface area (Å²) in [5.74, 6) is -0.968.